The monoisotopic (exact) mass is 412 g/mol. The van der Waals surface area contributed by atoms with Gasteiger partial charge in [0.05, 0.1) is 24.7 Å². The first-order chi connectivity index (χ1) is 13.5. The van der Waals surface area contributed by atoms with Crippen LogP contribution in [0, 0.1) is 11.3 Å². The lowest BCUT2D eigenvalue weighted by molar-refractivity contribution is -0.112. The van der Waals surface area contributed by atoms with Gasteiger partial charge < -0.3 is 10.1 Å². The van der Waals surface area contributed by atoms with Crippen LogP contribution in [0.5, 0.6) is 5.75 Å². The van der Waals surface area contributed by atoms with E-state index in [0.717, 1.165) is 5.56 Å². The van der Waals surface area contributed by atoms with Crippen molar-refractivity contribution in [2.75, 3.05) is 12.4 Å². The summed E-state index contributed by atoms with van der Waals surface area (Å²) in [6.07, 6.45) is 2.99. The summed E-state index contributed by atoms with van der Waals surface area (Å²) < 4.78 is 5.21. The molecule has 2 aromatic carbocycles. The SMILES string of the molecule is COc1ccc(Cl)cc1NC(=O)C(C#N)=Cc1cn[nH]c1-c1ccc(Cl)cc1. The third kappa shape index (κ3) is 4.34. The number of H-pyrrole nitrogens is 1. The van der Waals surface area contributed by atoms with E-state index in [1.54, 1.807) is 30.3 Å². The minimum Gasteiger partial charge on any atom is -0.495 e. The van der Waals surface area contributed by atoms with Crippen LogP contribution < -0.4 is 10.1 Å². The standard InChI is InChI=1S/C20H14Cl2N4O2/c1-28-18-7-6-16(22)9-17(18)25-20(27)13(10-23)8-14-11-24-26-19(14)12-2-4-15(21)5-3-12/h2-9,11H,1H3,(H,24,26)(H,25,27). The molecule has 1 heterocycles. The third-order valence-electron chi connectivity index (χ3n) is 3.88. The molecule has 6 nitrogen and oxygen atoms in total. The van der Waals surface area contributed by atoms with E-state index in [-0.39, 0.29) is 5.57 Å². The molecule has 0 spiro atoms. The predicted molar refractivity (Wildman–Crippen MR) is 109 cm³/mol. The molecule has 0 unspecified atom stereocenters. The Balaban J connectivity index is 1.90. The predicted octanol–water partition coefficient (Wildman–Crippen LogP) is 4.94. The number of benzene rings is 2. The van der Waals surface area contributed by atoms with Gasteiger partial charge in [-0.15, -0.1) is 0 Å². The number of carbonyl (C=O) groups is 1. The molecular formula is C20H14Cl2N4O2. The van der Waals surface area contributed by atoms with E-state index in [0.29, 0.717) is 32.7 Å². The maximum absolute atomic E-state index is 12.6. The van der Waals surface area contributed by atoms with Crippen LogP contribution in [0.2, 0.25) is 10.0 Å². The number of nitrogens with zero attached hydrogens (tertiary/aromatic N) is 2. The highest BCUT2D eigenvalue weighted by Crippen LogP contribution is 2.29. The fraction of sp³-hybridized carbons (Fsp3) is 0.0500. The van der Waals surface area contributed by atoms with Crippen molar-refractivity contribution >= 4 is 40.9 Å². The fourth-order valence-electron chi connectivity index (χ4n) is 2.52. The first-order valence-corrected chi connectivity index (χ1v) is 8.83. The number of nitrogens with one attached hydrogen (secondary N) is 2. The van der Waals surface area contributed by atoms with Crippen LogP contribution in [0.4, 0.5) is 5.69 Å². The van der Waals surface area contributed by atoms with Crippen LogP contribution in [0.25, 0.3) is 17.3 Å². The average Bonchev–Trinajstić information content (AvgIpc) is 3.15. The minimum absolute atomic E-state index is 0.0985. The van der Waals surface area contributed by atoms with Gasteiger partial charge in [-0.05, 0) is 36.4 Å². The summed E-state index contributed by atoms with van der Waals surface area (Å²) in [5, 5.41) is 20.0. The van der Waals surface area contributed by atoms with Crippen LogP contribution in [0.15, 0.2) is 54.2 Å². The molecule has 1 aromatic heterocycles. The van der Waals surface area contributed by atoms with Crippen LogP contribution in [0.3, 0.4) is 0 Å². The highest BCUT2D eigenvalue weighted by Gasteiger charge is 2.15. The van der Waals surface area contributed by atoms with E-state index in [2.05, 4.69) is 15.5 Å². The molecule has 0 saturated heterocycles. The van der Waals surface area contributed by atoms with Crippen LogP contribution in [-0.4, -0.2) is 23.2 Å². The zero-order valence-corrected chi connectivity index (χ0v) is 16.2. The Bertz CT molecular complexity index is 1080. The second-order valence-corrected chi connectivity index (χ2v) is 6.55. The number of carbonyl (C=O) groups excluding carboxylic acids is 1. The van der Waals surface area contributed by atoms with Crippen molar-refractivity contribution in [3.05, 3.63) is 69.8 Å². The molecule has 0 atom stereocenters. The number of methoxy groups -OCH3 is 1. The van der Waals surface area contributed by atoms with Gasteiger partial charge in [0.2, 0.25) is 0 Å². The van der Waals surface area contributed by atoms with Crippen molar-refractivity contribution in [3.8, 4) is 23.1 Å². The molecule has 1 amide bonds. The number of anilines is 1. The maximum atomic E-state index is 12.6. The largest absolute Gasteiger partial charge is 0.495 e. The highest BCUT2D eigenvalue weighted by atomic mass is 35.5. The molecule has 8 heteroatoms. The molecule has 28 heavy (non-hydrogen) atoms. The number of rotatable bonds is 5. The first kappa shape index (κ1) is 19.5. The Hall–Kier alpha value is -3.27. The molecule has 0 fully saturated rings. The Labute approximate surface area is 171 Å². The lowest BCUT2D eigenvalue weighted by Crippen LogP contribution is -2.14. The number of aromatic amines is 1. The first-order valence-electron chi connectivity index (χ1n) is 8.08. The Kier molecular flexibility index (Phi) is 5.99. The van der Waals surface area contributed by atoms with Crippen LogP contribution in [-0.2, 0) is 4.79 Å². The van der Waals surface area contributed by atoms with E-state index < -0.39 is 5.91 Å². The molecule has 0 aliphatic rings. The molecule has 2 N–H and O–H groups in total. The Morgan fingerprint density at radius 2 is 1.93 bits per heavy atom. The van der Waals surface area contributed by atoms with E-state index in [9.17, 15) is 10.1 Å². The van der Waals surface area contributed by atoms with Crippen molar-refractivity contribution in [1.82, 2.24) is 10.2 Å². The zero-order valence-electron chi connectivity index (χ0n) is 14.7. The fourth-order valence-corrected chi connectivity index (χ4v) is 2.82. The van der Waals surface area contributed by atoms with Crippen molar-refractivity contribution in [2.45, 2.75) is 0 Å². The summed E-state index contributed by atoms with van der Waals surface area (Å²) in [6.45, 7) is 0. The molecule has 3 rings (SSSR count). The van der Waals surface area contributed by atoms with Crippen molar-refractivity contribution in [3.63, 3.8) is 0 Å². The normalized spacial score (nSPS) is 11.0. The van der Waals surface area contributed by atoms with Gasteiger partial charge in [0.15, 0.2) is 0 Å². The summed E-state index contributed by atoms with van der Waals surface area (Å²) in [5.41, 5.74) is 2.34. The van der Waals surface area contributed by atoms with E-state index >= 15 is 0 Å². The second-order valence-electron chi connectivity index (χ2n) is 5.68. The van der Waals surface area contributed by atoms with Crippen molar-refractivity contribution < 1.29 is 9.53 Å². The molecule has 3 aromatic rings. The van der Waals surface area contributed by atoms with E-state index in [4.69, 9.17) is 27.9 Å². The number of nitriles is 1. The van der Waals surface area contributed by atoms with Gasteiger partial charge in [-0.2, -0.15) is 10.4 Å². The molecule has 140 valence electrons. The number of amides is 1. The number of hydrogen-bond donors (Lipinski definition) is 2. The molecule has 0 saturated carbocycles. The molecule has 0 radical (unpaired) electrons. The Morgan fingerprint density at radius 1 is 1.21 bits per heavy atom. The van der Waals surface area contributed by atoms with Gasteiger partial charge in [0, 0.05) is 21.2 Å². The number of aromatic nitrogens is 2. The lowest BCUT2D eigenvalue weighted by Gasteiger charge is -2.10. The highest BCUT2D eigenvalue weighted by molar-refractivity contribution is 6.31. The summed E-state index contributed by atoms with van der Waals surface area (Å²) >= 11 is 11.9. The van der Waals surface area contributed by atoms with E-state index in [1.807, 2.05) is 18.2 Å². The molecule has 0 aliphatic carbocycles. The number of halogens is 2. The van der Waals surface area contributed by atoms with Crippen molar-refractivity contribution in [1.29, 1.82) is 5.26 Å². The topological polar surface area (TPSA) is 90.8 Å². The van der Waals surface area contributed by atoms with Gasteiger partial charge in [-0.25, -0.2) is 0 Å². The average molecular weight is 413 g/mol. The summed E-state index contributed by atoms with van der Waals surface area (Å²) in [4.78, 5) is 12.6. The van der Waals surface area contributed by atoms with Crippen LogP contribution >= 0.6 is 23.2 Å². The Morgan fingerprint density at radius 3 is 2.61 bits per heavy atom. The molecule has 0 bridgehead atoms. The molecular weight excluding hydrogens is 399 g/mol. The van der Waals surface area contributed by atoms with Gasteiger partial charge >= 0.3 is 0 Å². The number of ether oxygens (including phenoxy) is 1. The van der Waals surface area contributed by atoms with Gasteiger partial charge in [0.25, 0.3) is 5.91 Å². The smallest absolute Gasteiger partial charge is 0.266 e. The molecule has 0 aliphatic heterocycles. The van der Waals surface area contributed by atoms with E-state index in [1.165, 1.54) is 19.4 Å². The van der Waals surface area contributed by atoms with Gasteiger partial charge in [-0.3, -0.25) is 9.89 Å². The second kappa shape index (κ2) is 8.61. The summed E-state index contributed by atoms with van der Waals surface area (Å²) in [7, 11) is 1.48. The van der Waals surface area contributed by atoms with Crippen LogP contribution in [0.1, 0.15) is 5.56 Å². The zero-order chi connectivity index (χ0) is 20.1. The lowest BCUT2D eigenvalue weighted by atomic mass is 10.1. The van der Waals surface area contributed by atoms with Crippen molar-refractivity contribution in [2.24, 2.45) is 0 Å². The minimum atomic E-state index is -0.591. The number of hydrogen-bond acceptors (Lipinski definition) is 4. The maximum Gasteiger partial charge on any atom is 0.266 e. The summed E-state index contributed by atoms with van der Waals surface area (Å²) in [5.74, 6) is -0.161. The summed E-state index contributed by atoms with van der Waals surface area (Å²) in [6, 6.07) is 13.8. The van der Waals surface area contributed by atoms with Gasteiger partial charge in [0.1, 0.15) is 17.4 Å². The van der Waals surface area contributed by atoms with Gasteiger partial charge in [-0.1, -0.05) is 35.3 Å². The third-order valence-corrected chi connectivity index (χ3v) is 4.36. The quantitative estimate of drug-likeness (QED) is 0.458.